The van der Waals surface area contributed by atoms with E-state index in [0.717, 1.165) is 0 Å². The largest absolute Gasteiger partial charge is 0.384 e. The molecule has 0 aliphatic heterocycles. The van der Waals surface area contributed by atoms with Crippen LogP contribution in [0.4, 0.5) is 0 Å². The van der Waals surface area contributed by atoms with Gasteiger partial charge in [0, 0.05) is 0 Å². The van der Waals surface area contributed by atoms with Gasteiger partial charge in [-0.25, -0.2) is 0 Å². The average molecular weight is 167 g/mol. The highest BCUT2D eigenvalue weighted by Crippen LogP contribution is 2.17. The molecule has 0 bridgehead atoms. The lowest BCUT2D eigenvalue weighted by molar-refractivity contribution is -0.0435. The van der Waals surface area contributed by atoms with E-state index in [0.29, 0.717) is 11.7 Å². The van der Waals surface area contributed by atoms with Crippen molar-refractivity contribution in [2.24, 2.45) is 0 Å². The molecule has 2 N–H and O–H groups in total. The molecule has 0 fully saturated rings. The molecule has 0 spiro atoms. The maximum Gasteiger partial charge on any atom is 0.150 e. The van der Waals surface area contributed by atoms with Gasteiger partial charge in [-0.15, -0.1) is 0 Å². The van der Waals surface area contributed by atoms with Crippen molar-refractivity contribution in [1.82, 2.24) is 5.64 Å². The second-order valence-corrected chi connectivity index (χ2v) is 2.92. The fourth-order valence-electron chi connectivity index (χ4n) is 0.973. The van der Waals surface area contributed by atoms with Crippen molar-refractivity contribution in [3.63, 3.8) is 0 Å². The van der Waals surface area contributed by atoms with E-state index < -0.39 is 0 Å². The first-order valence-corrected chi connectivity index (χ1v) is 3.90. The molecule has 1 rings (SSSR count). The van der Waals surface area contributed by atoms with Crippen molar-refractivity contribution in [2.75, 3.05) is 0 Å². The Kier molecular flexibility index (Phi) is 3.08. The Bertz CT molecular complexity index is 231. The van der Waals surface area contributed by atoms with Crippen molar-refractivity contribution in [2.45, 2.75) is 19.8 Å². The van der Waals surface area contributed by atoms with E-state index in [4.69, 9.17) is 5.21 Å². The van der Waals surface area contributed by atoms with Gasteiger partial charge in [0.1, 0.15) is 5.75 Å². The molecule has 0 amide bonds. The van der Waals surface area contributed by atoms with Crippen LogP contribution in [-0.2, 0) is 0 Å². The van der Waals surface area contributed by atoms with E-state index in [2.05, 4.69) is 18.7 Å². The molecule has 0 aliphatic carbocycles. The SMILES string of the molecule is CC(C)c1ccc(ONO)cc1. The van der Waals surface area contributed by atoms with Crippen LogP contribution in [0, 0.1) is 0 Å². The van der Waals surface area contributed by atoms with E-state index in [1.165, 1.54) is 5.56 Å². The van der Waals surface area contributed by atoms with E-state index in [-0.39, 0.29) is 0 Å². The van der Waals surface area contributed by atoms with Gasteiger partial charge in [0.15, 0.2) is 0 Å². The number of benzene rings is 1. The molecule has 0 unspecified atom stereocenters. The highest BCUT2D eigenvalue weighted by molar-refractivity contribution is 5.28. The Labute approximate surface area is 71.9 Å². The lowest BCUT2D eigenvalue weighted by Gasteiger charge is -2.06. The third-order valence-electron chi connectivity index (χ3n) is 1.71. The molecule has 12 heavy (non-hydrogen) atoms. The van der Waals surface area contributed by atoms with Crippen LogP contribution in [0.15, 0.2) is 24.3 Å². The lowest BCUT2D eigenvalue weighted by atomic mass is 10.0. The summed E-state index contributed by atoms with van der Waals surface area (Å²) in [4.78, 5) is 4.65. The fraction of sp³-hybridized carbons (Fsp3) is 0.333. The summed E-state index contributed by atoms with van der Waals surface area (Å²) in [6.07, 6.45) is 0. The monoisotopic (exact) mass is 167 g/mol. The Morgan fingerprint density at radius 3 is 2.25 bits per heavy atom. The molecule has 3 heteroatoms. The Hall–Kier alpha value is -1.06. The zero-order chi connectivity index (χ0) is 8.97. The van der Waals surface area contributed by atoms with Crippen molar-refractivity contribution >= 4 is 0 Å². The third kappa shape index (κ3) is 2.22. The van der Waals surface area contributed by atoms with E-state index in [1.807, 2.05) is 12.1 Å². The first kappa shape index (κ1) is 9.03. The lowest BCUT2D eigenvalue weighted by Crippen LogP contribution is -2.11. The minimum Gasteiger partial charge on any atom is -0.384 e. The van der Waals surface area contributed by atoms with Crippen LogP contribution in [0.3, 0.4) is 0 Å². The Morgan fingerprint density at radius 2 is 1.83 bits per heavy atom. The summed E-state index contributed by atoms with van der Waals surface area (Å²) in [5.74, 6) is 1.11. The average Bonchev–Trinajstić information content (AvgIpc) is 2.06. The first-order valence-electron chi connectivity index (χ1n) is 3.90. The molecule has 0 radical (unpaired) electrons. The second-order valence-electron chi connectivity index (χ2n) is 2.92. The van der Waals surface area contributed by atoms with E-state index in [9.17, 15) is 0 Å². The number of hydrogen-bond donors (Lipinski definition) is 2. The maximum atomic E-state index is 8.23. The summed E-state index contributed by atoms with van der Waals surface area (Å²) in [6, 6.07) is 7.55. The van der Waals surface area contributed by atoms with Crippen molar-refractivity contribution in [1.29, 1.82) is 0 Å². The third-order valence-corrected chi connectivity index (χ3v) is 1.71. The molecule has 0 saturated heterocycles. The van der Waals surface area contributed by atoms with Gasteiger partial charge in [0.25, 0.3) is 0 Å². The molecule has 1 aromatic carbocycles. The minimum absolute atomic E-state index is 0.515. The summed E-state index contributed by atoms with van der Waals surface area (Å²) in [5.41, 5.74) is 2.88. The number of hydrogen-bond acceptors (Lipinski definition) is 3. The van der Waals surface area contributed by atoms with Crippen molar-refractivity contribution < 1.29 is 10.0 Å². The number of nitrogens with one attached hydrogen (secondary N) is 1. The normalized spacial score (nSPS) is 10.3. The zero-order valence-corrected chi connectivity index (χ0v) is 7.24. The van der Waals surface area contributed by atoms with Crippen LogP contribution in [0.1, 0.15) is 25.3 Å². The molecule has 66 valence electrons. The molecule has 0 atom stereocenters. The highest BCUT2D eigenvalue weighted by atomic mass is 16.8. The standard InChI is InChI=1S/C9H13NO2/c1-7(2)8-3-5-9(6-4-8)12-10-11/h3-7,10-11H,1-2H3. The summed E-state index contributed by atoms with van der Waals surface area (Å²) in [7, 11) is 0. The number of rotatable bonds is 3. The topological polar surface area (TPSA) is 41.5 Å². The Balaban J connectivity index is 2.71. The summed E-state index contributed by atoms with van der Waals surface area (Å²) in [5, 5.41) is 8.23. The van der Waals surface area contributed by atoms with Gasteiger partial charge in [-0.2, -0.15) is 0 Å². The van der Waals surface area contributed by atoms with Gasteiger partial charge in [-0.1, -0.05) is 26.0 Å². The molecule has 0 saturated carbocycles. The maximum absolute atomic E-state index is 8.23. The zero-order valence-electron chi connectivity index (χ0n) is 7.24. The summed E-state index contributed by atoms with van der Waals surface area (Å²) >= 11 is 0. The van der Waals surface area contributed by atoms with Gasteiger partial charge in [0.05, 0.1) is 0 Å². The van der Waals surface area contributed by atoms with Crippen molar-refractivity contribution in [3.05, 3.63) is 29.8 Å². The predicted octanol–water partition coefficient (Wildman–Crippen LogP) is 2.08. The van der Waals surface area contributed by atoms with Crippen LogP contribution in [-0.4, -0.2) is 5.21 Å². The molecule has 0 aromatic heterocycles. The predicted molar refractivity (Wildman–Crippen MR) is 46.1 cm³/mol. The van der Waals surface area contributed by atoms with Gasteiger partial charge < -0.3 is 4.84 Å². The minimum atomic E-state index is 0.515. The van der Waals surface area contributed by atoms with Crippen LogP contribution >= 0.6 is 0 Å². The van der Waals surface area contributed by atoms with Gasteiger partial charge in [-0.3, -0.25) is 5.21 Å². The Morgan fingerprint density at radius 1 is 1.25 bits per heavy atom. The van der Waals surface area contributed by atoms with Gasteiger partial charge in [0.2, 0.25) is 0 Å². The smallest absolute Gasteiger partial charge is 0.150 e. The molecule has 0 aliphatic rings. The van der Waals surface area contributed by atoms with Crippen LogP contribution in [0.2, 0.25) is 0 Å². The van der Waals surface area contributed by atoms with Gasteiger partial charge >= 0.3 is 0 Å². The van der Waals surface area contributed by atoms with Crippen molar-refractivity contribution in [3.8, 4) is 5.75 Å². The van der Waals surface area contributed by atoms with Crippen LogP contribution < -0.4 is 10.5 Å². The summed E-state index contributed by atoms with van der Waals surface area (Å²) < 4.78 is 0. The molecule has 3 nitrogen and oxygen atoms in total. The van der Waals surface area contributed by atoms with E-state index in [1.54, 1.807) is 17.8 Å². The first-order chi connectivity index (χ1) is 5.74. The molecule has 0 heterocycles. The quantitative estimate of drug-likeness (QED) is 0.677. The molecular weight excluding hydrogens is 154 g/mol. The van der Waals surface area contributed by atoms with Gasteiger partial charge in [-0.05, 0) is 29.3 Å². The van der Waals surface area contributed by atoms with Crippen LogP contribution in [0.25, 0.3) is 0 Å². The fourth-order valence-corrected chi connectivity index (χ4v) is 0.973. The van der Waals surface area contributed by atoms with E-state index >= 15 is 0 Å². The molecular formula is C9H13NO2. The van der Waals surface area contributed by atoms with Crippen LogP contribution in [0.5, 0.6) is 5.75 Å². The summed E-state index contributed by atoms with van der Waals surface area (Å²) in [6.45, 7) is 4.25. The molecule has 1 aromatic rings. The highest BCUT2D eigenvalue weighted by Gasteiger charge is 1.98. The second kappa shape index (κ2) is 4.09.